The number of nitrogens with two attached hydrogens (primary N) is 1. The van der Waals surface area contributed by atoms with Gasteiger partial charge in [-0.1, -0.05) is 0 Å². The van der Waals surface area contributed by atoms with Crippen LogP contribution in [0.4, 0.5) is 22.0 Å². The van der Waals surface area contributed by atoms with Gasteiger partial charge in [0.1, 0.15) is 5.82 Å². The number of anilines is 3. The van der Waals surface area contributed by atoms with E-state index in [1.54, 1.807) is 24.5 Å². The molecule has 4 aromatic rings. The predicted molar refractivity (Wildman–Crippen MR) is 145 cm³/mol. The van der Waals surface area contributed by atoms with Crippen molar-refractivity contribution in [1.29, 1.82) is 0 Å². The number of carboxylic acids is 1. The zero-order chi connectivity index (χ0) is 26.2. The molecule has 0 radical (unpaired) electrons. The molecule has 0 aliphatic carbocycles. The van der Waals surface area contributed by atoms with Gasteiger partial charge in [0.05, 0.1) is 17.5 Å². The normalized spacial score (nSPS) is 18.3. The van der Waals surface area contributed by atoms with E-state index in [0.29, 0.717) is 48.0 Å². The molecule has 2 aliphatic rings. The summed E-state index contributed by atoms with van der Waals surface area (Å²) >= 11 is 0. The molecule has 3 N–H and O–H groups in total. The second-order valence-corrected chi connectivity index (χ2v) is 9.72. The summed E-state index contributed by atoms with van der Waals surface area (Å²) in [7, 11) is 0. The molecule has 39 heavy (non-hydrogen) atoms. The van der Waals surface area contributed by atoms with Gasteiger partial charge in [0.25, 0.3) is 5.78 Å². The van der Waals surface area contributed by atoms with Gasteiger partial charge in [-0.3, -0.25) is 4.90 Å². The molecule has 3 aromatic heterocycles. The fourth-order valence-corrected chi connectivity index (χ4v) is 5.27. The monoisotopic (exact) mass is 557 g/mol. The summed E-state index contributed by atoms with van der Waals surface area (Å²) in [5.41, 5.74) is 6.60. The molecular weight excluding hydrogens is 529 g/mol. The first-order valence-electron chi connectivity index (χ1n) is 12.6. The first-order chi connectivity index (χ1) is 18.4. The fourth-order valence-electron chi connectivity index (χ4n) is 5.27. The average Bonchev–Trinajstić information content (AvgIpc) is 3.60. The van der Waals surface area contributed by atoms with E-state index in [-0.39, 0.29) is 23.9 Å². The minimum atomic E-state index is -1.13. The number of piperazine rings is 1. The predicted octanol–water partition coefficient (Wildman–Crippen LogP) is 2.66. The zero-order valence-corrected chi connectivity index (χ0v) is 21.9. The number of nitrogens with zero attached hydrogens (tertiary/aromatic N) is 8. The van der Waals surface area contributed by atoms with Crippen molar-refractivity contribution >= 4 is 41.7 Å². The highest BCUT2D eigenvalue weighted by molar-refractivity contribution is 5.88. The van der Waals surface area contributed by atoms with Crippen LogP contribution in [0.5, 0.6) is 0 Å². The second kappa shape index (κ2) is 11.0. The van der Waals surface area contributed by atoms with Gasteiger partial charge >= 0.3 is 5.97 Å². The number of nitrogen functional groups attached to an aromatic ring is 1. The third-order valence-electron chi connectivity index (χ3n) is 7.19. The third kappa shape index (κ3) is 5.45. The van der Waals surface area contributed by atoms with Crippen molar-refractivity contribution in [3.05, 3.63) is 48.0 Å². The van der Waals surface area contributed by atoms with Crippen molar-refractivity contribution in [1.82, 2.24) is 29.5 Å². The topological polar surface area (TPSA) is 142 Å². The van der Waals surface area contributed by atoms with Gasteiger partial charge in [-0.05, 0) is 49.1 Å². The van der Waals surface area contributed by atoms with Crippen molar-refractivity contribution in [3.63, 3.8) is 0 Å². The number of rotatable bonds is 6. The molecule has 0 unspecified atom stereocenters. The number of fused-ring (bicyclic) bond motifs is 1. The smallest absolute Gasteiger partial charge is 0.335 e. The van der Waals surface area contributed by atoms with Gasteiger partial charge in [-0.25, -0.2) is 9.18 Å². The van der Waals surface area contributed by atoms with Crippen molar-refractivity contribution in [2.24, 2.45) is 5.92 Å². The van der Waals surface area contributed by atoms with Crippen LogP contribution in [-0.2, 0) is 0 Å². The number of hydrogen-bond donors (Lipinski definition) is 2. The Morgan fingerprint density at radius 2 is 1.92 bits per heavy atom. The van der Waals surface area contributed by atoms with Crippen LogP contribution in [0.1, 0.15) is 23.2 Å². The molecule has 12 nitrogen and oxygen atoms in total. The van der Waals surface area contributed by atoms with E-state index >= 15 is 0 Å². The van der Waals surface area contributed by atoms with Crippen LogP contribution in [0, 0.1) is 11.7 Å². The Balaban J connectivity index is 0.00000308. The Bertz CT molecular complexity index is 1460. The minimum Gasteiger partial charge on any atom is -0.478 e. The quantitative estimate of drug-likeness (QED) is 0.361. The number of carboxylic acid groups (broad SMARTS) is 1. The number of halogens is 2. The maximum atomic E-state index is 14.5. The molecule has 2 saturated heterocycles. The van der Waals surface area contributed by atoms with E-state index in [9.17, 15) is 9.18 Å². The second-order valence-electron chi connectivity index (χ2n) is 9.72. The van der Waals surface area contributed by atoms with E-state index in [2.05, 4.69) is 29.9 Å². The molecule has 206 valence electrons. The van der Waals surface area contributed by atoms with E-state index < -0.39 is 11.8 Å². The summed E-state index contributed by atoms with van der Waals surface area (Å²) in [6.45, 7) is 5.55. The number of piperidine rings is 1. The van der Waals surface area contributed by atoms with Gasteiger partial charge in [-0.2, -0.15) is 19.5 Å². The lowest BCUT2D eigenvalue weighted by molar-refractivity contribution is 0.0696. The van der Waals surface area contributed by atoms with Gasteiger partial charge in [0, 0.05) is 45.8 Å². The molecule has 0 bridgehead atoms. The molecule has 0 amide bonds. The van der Waals surface area contributed by atoms with Crippen molar-refractivity contribution in [2.45, 2.75) is 12.8 Å². The summed E-state index contributed by atoms with van der Waals surface area (Å²) in [5, 5.41) is 13.4. The average molecular weight is 558 g/mol. The number of carbonyl (C=O) groups is 1. The van der Waals surface area contributed by atoms with Crippen molar-refractivity contribution in [2.75, 3.05) is 61.3 Å². The van der Waals surface area contributed by atoms with E-state index in [0.717, 1.165) is 51.6 Å². The maximum Gasteiger partial charge on any atom is 0.335 e. The summed E-state index contributed by atoms with van der Waals surface area (Å²) in [6, 6.07) is 7.65. The number of aromatic nitrogens is 5. The van der Waals surface area contributed by atoms with Crippen LogP contribution in [0.25, 0.3) is 17.4 Å². The van der Waals surface area contributed by atoms with Gasteiger partial charge in [0.15, 0.2) is 5.76 Å². The van der Waals surface area contributed by atoms with Gasteiger partial charge < -0.3 is 25.1 Å². The summed E-state index contributed by atoms with van der Waals surface area (Å²) < 4.78 is 21.3. The Kier molecular flexibility index (Phi) is 7.53. The van der Waals surface area contributed by atoms with Crippen molar-refractivity contribution in [3.8, 4) is 11.6 Å². The standard InChI is InChI=1S/C25H28FN9O3.ClH/c26-18-13-17(22(36)37)5-6-19(18)33-10-8-32(9-11-33)14-16-3-1-7-34(15-16)24-29-23(27)35-25(30-24)28-21(31-35)20-4-2-12-38-20;/h2,4-6,12-13,16H,1,3,7-11,14-15H2,(H,36,37)(H2,27,28,29,30,31);1H/t16-;/m0./s1. The summed E-state index contributed by atoms with van der Waals surface area (Å²) in [4.78, 5) is 31.2. The van der Waals surface area contributed by atoms with Crippen LogP contribution in [-0.4, -0.2) is 86.4 Å². The van der Waals surface area contributed by atoms with Crippen LogP contribution >= 0.6 is 12.4 Å². The molecule has 6 rings (SSSR count). The van der Waals surface area contributed by atoms with E-state index in [4.69, 9.17) is 15.3 Å². The fraction of sp³-hybridized carbons (Fsp3) is 0.400. The van der Waals surface area contributed by atoms with Crippen LogP contribution in [0.15, 0.2) is 41.0 Å². The summed E-state index contributed by atoms with van der Waals surface area (Å²) in [5.74, 6) is 0.882. The highest BCUT2D eigenvalue weighted by Crippen LogP contribution is 2.26. The summed E-state index contributed by atoms with van der Waals surface area (Å²) in [6.07, 6.45) is 3.68. The first-order valence-corrected chi connectivity index (χ1v) is 12.6. The minimum absolute atomic E-state index is 0. The SMILES string of the molecule is Cl.Nc1nc(N2CCC[C@@H](CN3CCN(c4ccc(C(=O)O)cc4F)CC3)C2)nc2nc(-c3ccco3)nn12. The zero-order valence-electron chi connectivity index (χ0n) is 21.1. The molecule has 0 saturated carbocycles. The van der Waals surface area contributed by atoms with Crippen LogP contribution < -0.4 is 15.5 Å². The number of aromatic carboxylic acids is 1. The first kappa shape index (κ1) is 26.6. The highest BCUT2D eigenvalue weighted by Gasteiger charge is 2.27. The molecule has 14 heteroatoms. The molecule has 5 heterocycles. The van der Waals surface area contributed by atoms with Gasteiger partial charge in [-0.15, -0.1) is 17.5 Å². The van der Waals surface area contributed by atoms with Crippen LogP contribution in [0.3, 0.4) is 0 Å². The van der Waals surface area contributed by atoms with Gasteiger partial charge in [0.2, 0.25) is 17.7 Å². The highest BCUT2D eigenvalue weighted by atomic mass is 35.5. The lowest BCUT2D eigenvalue weighted by atomic mass is 9.97. The molecule has 2 aliphatic heterocycles. The third-order valence-corrected chi connectivity index (χ3v) is 7.19. The molecule has 1 atom stereocenters. The van der Waals surface area contributed by atoms with Crippen LogP contribution in [0.2, 0.25) is 0 Å². The lowest BCUT2D eigenvalue weighted by Crippen LogP contribution is -2.50. The number of benzene rings is 1. The largest absolute Gasteiger partial charge is 0.478 e. The lowest BCUT2D eigenvalue weighted by Gasteiger charge is -2.40. The number of hydrogen-bond acceptors (Lipinski definition) is 10. The van der Waals surface area contributed by atoms with E-state index in [1.807, 2.05) is 4.90 Å². The Morgan fingerprint density at radius 3 is 2.64 bits per heavy atom. The molecule has 2 fully saturated rings. The molecule has 0 spiro atoms. The Hall–Kier alpha value is -3.97. The van der Waals surface area contributed by atoms with E-state index in [1.165, 1.54) is 10.6 Å². The maximum absolute atomic E-state index is 14.5. The number of furan rings is 1. The van der Waals surface area contributed by atoms with Crippen molar-refractivity contribution < 1.29 is 18.7 Å². The Labute approximate surface area is 229 Å². The molecular formula is C25H29ClFN9O3. The Morgan fingerprint density at radius 1 is 1.10 bits per heavy atom. The molecule has 1 aromatic carbocycles.